The maximum Gasteiger partial charge on any atom is 0.264 e. The number of pyridine rings is 1. The summed E-state index contributed by atoms with van der Waals surface area (Å²) in [7, 11) is 0. The van der Waals surface area contributed by atoms with Crippen LogP contribution in [0, 0.1) is 13.8 Å². The normalized spacial score (nSPS) is 16.9. The highest BCUT2D eigenvalue weighted by Gasteiger charge is 2.25. The highest BCUT2D eigenvalue weighted by Crippen LogP contribution is 2.32. The molecule has 4 rings (SSSR count). The van der Waals surface area contributed by atoms with Gasteiger partial charge in [-0.2, -0.15) is 0 Å². The van der Waals surface area contributed by atoms with Crippen LogP contribution in [0.4, 0.5) is 20.4 Å². The van der Waals surface area contributed by atoms with Crippen molar-refractivity contribution in [2.24, 2.45) is 0 Å². The molecule has 0 aliphatic carbocycles. The number of nitrogens with one attached hydrogen (secondary N) is 2. The average Bonchev–Trinajstić information content (AvgIpc) is 3.21. The highest BCUT2D eigenvalue weighted by atomic mass is 19.3. The Kier molecular flexibility index (Phi) is 6.40. The molecule has 9 heteroatoms. The Hall–Kier alpha value is -3.36. The van der Waals surface area contributed by atoms with Gasteiger partial charge in [-0.05, 0) is 44.4 Å². The molecule has 2 aromatic heterocycles. The van der Waals surface area contributed by atoms with Crippen molar-refractivity contribution in [3.63, 3.8) is 0 Å². The summed E-state index contributed by atoms with van der Waals surface area (Å²) in [5.74, 6) is 1.98. The number of rotatable bonds is 6. The van der Waals surface area contributed by atoms with Crippen LogP contribution in [0.3, 0.4) is 0 Å². The molecule has 1 saturated heterocycles. The van der Waals surface area contributed by atoms with Crippen molar-refractivity contribution in [2.75, 3.05) is 23.3 Å². The SMILES string of the molecule is CC(=O)N[C@H]1CCN(c2cc3c(N[C@H](C)c4cccc(C(F)F)c4C)nc(C)nc3cn2)C1. The zero-order valence-electron chi connectivity index (χ0n) is 19.2. The lowest BCUT2D eigenvalue weighted by Crippen LogP contribution is -2.35. The lowest BCUT2D eigenvalue weighted by molar-refractivity contribution is -0.119. The quantitative estimate of drug-likeness (QED) is 0.572. The average molecular weight is 455 g/mol. The third-order valence-corrected chi connectivity index (χ3v) is 6.07. The summed E-state index contributed by atoms with van der Waals surface area (Å²) in [6, 6.07) is 6.77. The fourth-order valence-electron chi connectivity index (χ4n) is 4.45. The maximum absolute atomic E-state index is 13.4. The van der Waals surface area contributed by atoms with E-state index in [1.165, 1.54) is 13.0 Å². The van der Waals surface area contributed by atoms with Crippen molar-refractivity contribution in [3.8, 4) is 0 Å². The van der Waals surface area contributed by atoms with Crippen LogP contribution in [0.2, 0.25) is 0 Å². The van der Waals surface area contributed by atoms with E-state index in [2.05, 4.69) is 30.5 Å². The predicted octanol–water partition coefficient (Wildman–Crippen LogP) is 4.47. The van der Waals surface area contributed by atoms with Crippen LogP contribution in [-0.2, 0) is 4.79 Å². The molecular weight excluding hydrogens is 426 g/mol. The molecule has 3 heterocycles. The van der Waals surface area contributed by atoms with Crippen LogP contribution < -0.4 is 15.5 Å². The molecule has 0 spiro atoms. The number of alkyl halides is 2. The lowest BCUT2D eigenvalue weighted by Gasteiger charge is -2.21. The molecule has 3 aromatic rings. The zero-order valence-corrected chi connectivity index (χ0v) is 19.2. The number of hydrogen-bond acceptors (Lipinski definition) is 6. The molecular formula is C24H28F2N6O. The van der Waals surface area contributed by atoms with E-state index in [-0.39, 0.29) is 23.6 Å². The van der Waals surface area contributed by atoms with E-state index in [0.717, 1.165) is 29.7 Å². The van der Waals surface area contributed by atoms with Gasteiger partial charge in [0.1, 0.15) is 17.5 Å². The van der Waals surface area contributed by atoms with E-state index in [1.54, 1.807) is 19.2 Å². The first-order chi connectivity index (χ1) is 15.7. The highest BCUT2D eigenvalue weighted by molar-refractivity contribution is 5.90. The molecule has 1 aliphatic heterocycles. The molecule has 2 atom stereocenters. The molecule has 2 N–H and O–H groups in total. The van der Waals surface area contributed by atoms with Gasteiger partial charge in [0.15, 0.2) is 0 Å². The fourth-order valence-corrected chi connectivity index (χ4v) is 4.45. The fraction of sp³-hybridized carbons (Fsp3) is 0.417. The Labute approximate surface area is 191 Å². The molecule has 7 nitrogen and oxygen atoms in total. The van der Waals surface area contributed by atoms with Gasteiger partial charge < -0.3 is 15.5 Å². The van der Waals surface area contributed by atoms with Gasteiger partial charge in [0.25, 0.3) is 6.43 Å². The minimum absolute atomic E-state index is 0.0381. The second-order valence-corrected chi connectivity index (χ2v) is 8.54. The number of carbonyl (C=O) groups excluding carboxylic acids is 1. The number of benzene rings is 1. The van der Waals surface area contributed by atoms with Gasteiger partial charge in [0, 0.05) is 37.0 Å². The van der Waals surface area contributed by atoms with Gasteiger partial charge in [0.05, 0.1) is 17.8 Å². The minimum atomic E-state index is -2.52. The maximum atomic E-state index is 13.4. The molecule has 1 aromatic carbocycles. The third-order valence-electron chi connectivity index (χ3n) is 6.07. The summed E-state index contributed by atoms with van der Waals surface area (Å²) in [6.45, 7) is 8.46. The van der Waals surface area contributed by atoms with Crippen LogP contribution in [0.15, 0.2) is 30.5 Å². The van der Waals surface area contributed by atoms with Crippen molar-refractivity contribution in [3.05, 3.63) is 53.0 Å². The number of halogens is 2. The van der Waals surface area contributed by atoms with Crippen LogP contribution in [0.5, 0.6) is 0 Å². The zero-order chi connectivity index (χ0) is 23.7. The Balaban J connectivity index is 1.64. The number of fused-ring (bicyclic) bond motifs is 1. The smallest absolute Gasteiger partial charge is 0.264 e. The molecule has 0 saturated carbocycles. The molecule has 1 fully saturated rings. The number of carbonyl (C=O) groups is 1. The van der Waals surface area contributed by atoms with E-state index in [1.807, 2.05) is 26.0 Å². The van der Waals surface area contributed by atoms with Crippen LogP contribution >= 0.6 is 0 Å². The molecule has 1 aliphatic rings. The number of anilines is 2. The summed E-state index contributed by atoms with van der Waals surface area (Å²) in [5, 5.41) is 7.17. The summed E-state index contributed by atoms with van der Waals surface area (Å²) in [4.78, 5) is 27.2. The number of hydrogen-bond donors (Lipinski definition) is 2. The molecule has 0 bridgehead atoms. The minimum Gasteiger partial charge on any atom is -0.363 e. The second-order valence-electron chi connectivity index (χ2n) is 8.54. The summed E-state index contributed by atoms with van der Waals surface area (Å²) in [6.07, 6.45) is 0.0597. The second kappa shape index (κ2) is 9.25. The Morgan fingerprint density at radius 2 is 1.97 bits per heavy atom. The third kappa shape index (κ3) is 4.86. The summed E-state index contributed by atoms with van der Waals surface area (Å²) in [5.41, 5.74) is 2.12. The summed E-state index contributed by atoms with van der Waals surface area (Å²) >= 11 is 0. The van der Waals surface area contributed by atoms with Crippen molar-refractivity contribution in [2.45, 2.75) is 52.6 Å². The molecule has 33 heavy (non-hydrogen) atoms. The van der Waals surface area contributed by atoms with Gasteiger partial charge in [0.2, 0.25) is 5.91 Å². The van der Waals surface area contributed by atoms with E-state index < -0.39 is 6.43 Å². The Morgan fingerprint density at radius 3 is 2.70 bits per heavy atom. The summed E-state index contributed by atoms with van der Waals surface area (Å²) < 4.78 is 26.7. The largest absolute Gasteiger partial charge is 0.363 e. The van der Waals surface area contributed by atoms with Crippen molar-refractivity contribution < 1.29 is 13.6 Å². The molecule has 0 unspecified atom stereocenters. The van der Waals surface area contributed by atoms with Gasteiger partial charge in [-0.1, -0.05) is 18.2 Å². The number of amides is 1. The van der Waals surface area contributed by atoms with E-state index in [9.17, 15) is 13.6 Å². The Morgan fingerprint density at radius 1 is 1.21 bits per heavy atom. The van der Waals surface area contributed by atoms with Crippen molar-refractivity contribution >= 4 is 28.4 Å². The van der Waals surface area contributed by atoms with E-state index in [0.29, 0.717) is 29.3 Å². The number of aryl methyl sites for hydroxylation is 1. The van der Waals surface area contributed by atoms with Crippen molar-refractivity contribution in [1.29, 1.82) is 0 Å². The number of nitrogens with zero attached hydrogens (tertiary/aromatic N) is 4. The van der Waals surface area contributed by atoms with Crippen molar-refractivity contribution in [1.82, 2.24) is 20.3 Å². The molecule has 1 amide bonds. The molecule has 0 radical (unpaired) electrons. The topological polar surface area (TPSA) is 83.0 Å². The number of aromatic nitrogens is 3. The van der Waals surface area contributed by atoms with Gasteiger partial charge in [-0.15, -0.1) is 0 Å². The predicted molar refractivity (Wildman–Crippen MR) is 125 cm³/mol. The first-order valence-corrected chi connectivity index (χ1v) is 11.0. The first-order valence-electron chi connectivity index (χ1n) is 11.0. The molecule has 174 valence electrons. The Bertz CT molecular complexity index is 1190. The van der Waals surface area contributed by atoms with Gasteiger partial charge in [-0.25, -0.2) is 23.7 Å². The monoisotopic (exact) mass is 454 g/mol. The van der Waals surface area contributed by atoms with Crippen LogP contribution in [0.25, 0.3) is 10.9 Å². The van der Waals surface area contributed by atoms with Gasteiger partial charge >= 0.3 is 0 Å². The first kappa shape index (κ1) is 22.8. The van der Waals surface area contributed by atoms with E-state index >= 15 is 0 Å². The van der Waals surface area contributed by atoms with Crippen LogP contribution in [0.1, 0.15) is 55.3 Å². The van der Waals surface area contributed by atoms with E-state index in [4.69, 9.17) is 0 Å². The standard InChI is InChI=1S/C24H28F2N6O/c1-13-18(6-5-7-19(13)23(25)26)14(2)28-24-20-10-22(27-11-21(20)29-15(3)30-24)32-9-8-17(12-32)31-16(4)33/h5-7,10-11,14,17,23H,8-9,12H2,1-4H3,(H,31,33)(H,28,29,30)/t14-,17+/m1/s1. The van der Waals surface area contributed by atoms with Gasteiger partial charge in [-0.3, -0.25) is 4.79 Å². The van der Waals surface area contributed by atoms with Crippen LogP contribution in [-0.4, -0.2) is 40.0 Å². The lowest BCUT2D eigenvalue weighted by atomic mass is 9.97.